The molecule has 0 atom stereocenters. The third-order valence-electron chi connectivity index (χ3n) is 2.38. The molecule has 4 N–H and O–H groups in total. The second kappa shape index (κ2) is 6.61. The lowest BCUT2D eigenvalue weighted by molar-refractivity contribution is 0.0601. The first-order chi connectivity index (χ1) is 8.63. The third kappa shape index (κ3) is 3.21. The predicted molar refractivity (Wildman–Crippen MR) is 68.2 cm³/mol. The van der Waals surface area contributed by atoms with Crippen LogP contribution in [0.15, 0.2) is 18.2 Å². The standard InChI is InChI=1S/C12H17N3O3/c1-3-6-14-11(16)8-4-5-9(12(17)18-2)10(7-8)15-13/h4-5,7,15H,3,6,13H2,1-2H3,(H,14,16). The van der Waals surface area contributed by atoms with Crippen LogP contribution in [0.1, 0.15) is 34.1 Å². The molecule has 0 aliphatic heterocycles. The van der Waals surface area contributed by atoms with Crippen molar-refractivity contribution >= 4 is 17.6 Å². The van der Waals surface area contributed by atoms with Gasteiger partial charge in [0.1, 0.15) is 0 Å². The van der Waals surface area contributed by atoms with Crippen LogP contribution in [0, 0.1) is 0 Å². The summed E-state index contributed by atoms with van der Waals surface area (Å²) in [7, 11) is 1.28. The first kappa shape index (κ1) is 14.0. The molecule has 1 rings (SSSR count). The molecule has 0 radical (unpaired) electrons. The fourth-order valence-corrected chi connectivity index (χ4v) is 1.43. The molecule has 6 nitrogen and oxygen atoms in total. The van der Waals surface area contributed by atoms with Gasteiger partial charge in [-0.25, -0.2) is 4.79 Å². The van der Waals surface area contributed by atoms with E-state index in [-0.39, 0.29) is 11.5 Å². The van der Waals surface area contributed by atoms with Gasteiger partial charge in [0, 0.05) is 12.1 Å². The van der Waals surface area contributed by atoms with Gasteiger partial charge in [-0.05, 0) is 24.6 Å². The number of nitrogens with two attached hydrogens (primary N) is 1. The number of nitrogen functional groups attached to an aromatic ring is 1. The summed E-state index contributed by atoms with van der Waals surface area (Å²) in [6.45, 7) is 2.57. The zero-order chi connectivity index (χ0) is 13.5. The first-order valence-electron chi connectivity index (χ1n) is 5.61. The molecule has 0 bridgehead atoms. The second-order valence-electron chi connectivity index (χ2n) is 3.65. The molecule has 0 aromatic heterocycles. The van der Waals surface area contributed by atoms with E-state index in [1.54, 1.807) is 6.07 Å². The summed E-state index contributed by atoms with van der Waals surface area (Å²) in [4.78, 5) is 23.2. The Kier molecular flexibility index (Phi) is 5.13. The van der Waals surface area contributed by atoms with Crippen LogP contribution in [0.3, 0.4) is 0 Å². The van der Waals surface area contributed by atoms with Gasteiger partial charge < -0.3 is 15.5 Å². The van der Waals surface area contributed by atoms with E-state index < -0.39 is 5.97 Å². The van der Waals surface area contributed by atoms with Crippen molar-refractivity contribution in [2.24, 2.45) is 5.84 Å². The van der Waals surface area contributed by atoms with Crippen molar-refractivity contribution in [1.82, 2.24) is 5.32 Å². The van der Waals surface area contributed by atoms with Gasteiger partial charge in [-0.3, -0.25) is 10.6 Å². The lowest BCUT2D eigenvalue weighted by Gasteiger charge is -2.09. The number of esters is 1. The van der Waals surface area contributed by atoms with Gasteiger partial charge in [-0.1, -0.05) is 6.92 Å². The summed E-state index contributed by atoms with van der Waals surface area (Å²) in [5, 5.41) is 2.74. The number of amides is 1. The van der Waals surface area contributed by atoms with Crippen molar-refractivity contribution in [3.63, 3.8) is 0 Å². The monoisotopic (exact) mass is 251 g/mol. The van der Waals surface area contributed by atoms with E-state index in [1.165, 1.54) is 19.2 Å². The van der Waals surface area contributed by atoms with Gasteiger partial charge in [-0.2, -0.15) is 0 Å². The largest absolute Gasteiger partial charge is 0.465 e. The lowest BCUT2D eigenvalue weighted by Crippen LogP contribution is -2.24. The summed E-state index contributed by atoms with van der Waals surface area (Å²) in [6.07, 6.45) is 0.855. The summed E-state index contributed by atoms with van der Waals surface area (Å²) < 4.78 is 4.61. The summed E-state index contributed by atoms with van der Waals surface area (Å²) in [6, 6.07) is 4.57. The quantitative estimate of drug-likeness (QED) is 0.410. The molecule has 0 saturated heterocycles. The number of methoxy groups -OCH3 is 1. The summed E-state index contributed by atoms with van der Waals surface area (Å²) >= 11 is 0. The molecule has 0 spiro atoms. The van der Waals surface area contributed by atoms with Crippen molar-refractivity contribution in [2.45, 2.75) is 13.3 Å². The summed E-state index contributed by atoms with van der Waals surface area (Å²) in [5.41, 5.74) is 3.45. The molecule has 0 fully saturated rings. The van der Waals surface area contributed by atoms with E-state index in [9.17, 15) is 9.59 Å². The molecule has 0 unspecified atom stereocenters. The van der Waals surface area contributed by atoms with Crippen LogP contribution in [0.5, 0.6) is 0 Å². The second-order valence-corrected chi connectivity index (χ2v) is 3.65. The topological polar surface area (TPSA) is 93.5 Å². The number of ether oxygens (including phenoxy) is 1. The highest BCUT2D eigenvalue weighted by molar-refractivity contribution is 6.00. The minimum atomic E-state index is -0.511. The number of carbonyl (C=O) groups is 2. The smallest absolute Gasteiger partial charge is 0.340 e. The van der Waals surface area contributed by atoms with Gasteiger partial charge in [0.25, 0.3) is 5.91 Å². The van der Waals surface area contributed by atoms with Crippen LogP contribution in [-0.2, 0) is 4.74 Å². The maximum Gasteiger partial charge on any atom is 0.340 e. The molecule has 18 heavy (non-hydrogen) atoms. The molecular formula is C12H17N3O3. The zero-order valence-corrected chi connectivity index (χ0v) is 10.4. The Labute approximate surface area is 105 Å². The highest BCUT2D eigenvalue weighted by atomic mass is 16.5. The Morgan fingerprint density at radius 3 is 2.67 bits per heavy atom. The molecule has 0 aliphatic carbocycles. The van der Waals surface area contributed by atoms with Crippen molar-refractivity contribution in [1.29, 1.82) is 0 Å². The average Bonchev–Trinajstić information content (AvgIpc) is 2.43. The van der Waals surface area contributed by atoms with E-state index >= 15 is 0 Å². The number of hydrogen-bond donors (Lipinski definition) is 3. The molecule has 0 aliphatic rings. The Hall–Kier alpha value is -2.08. The SMILES string of the molecule is CCCNC(=O)c1ccc(C(=O)OC)c(NN)c1. The molecular weight excluding hydrogens is 234 g/mol. The van der Waals surface area contributed by atoms with Crippen molar-refractivity contribution in [3.05, 3.63) is 29.3 Å². The molecule has 0 saturated carbocycles. The number of carbonyl (C=O) groups excluding carboxylic acids is 2. The number of rotatable bonds is 5. The number of nitrogens with one attached hydrogen (secondary N) is 2. The normalized spacial score (nSPS) is 9.72. The van der Waals surface area contributed by atoms with Crippen LogP contribution >= 0.6 is 0 Å². The van der Waals surface area contributed by atoms with Crippen molar-refractivity contribution < 1.29 is 14.3 Å². The Morgan fingerprint density at radius 1 is 1.39 bits per heavy atom. The Balaban J connectivity index is 2.98. The van der Waals surface area contributed by atoms with E-state index in [0.29, 0.717) is 17.8 Å². The fourth-order valence-electron chi connectivity index (χ4n) is 1.43. The molecule has 0 heterocycles. The minimum Gasteiger partial charge on any atom is -0.465 e. The minimum absolute atomic E-state index is 0.204. The molecule has 6 heteroatoms. The fraction of sp³-hybridized carbons (Fsp3) is 0.333. The van der Waals surface area contributed by atoms with Gasteiger partial charge in [0.15, 0.2) is 0 Å². The predicted octanol–water partition coefficient (Wildman–Crippen LogP) is 0.899. The number of hydrogen-bond acceptors (Lipinski definition) is 5. The van der Waals surface area contributed by atoms with E-state index in [1.807, 2.05) is 6.92 Å². The molecule has 98 valence electrons. The Bertz CT molecular complexity index is 446. The number of hydrazine groups is 1. The maximum atomic E-state index is 11.7. The van der Waals surface area contributed by atoms with Crippen LogP contribution in [0.25, 0.3) is 0 Å². The van der Waals surface area contributed by atoms with Crippen molar-refractivity contribution in [3.8, 4) is 0 Å². The zero-order valence-electron chi connectivity index (χ0n) is 10.4. The summed E-state index contributed by atoms with van der Waals surface area (Å²) in [5.74, 6) is 4.61. The highest BCUT2D eigenvalue weighted by Crippen LogP contribution is 2.17. The highest BCUT2D eigenvalue weighted by Gasteiger charge is 2.14. The molecule has 1 amide bonds. The van der Waals surface area contributed by atoms with Crippen LogP contribution < -0.4 is 16.6 Å². The average molecular weight is 251 g/mol. The lowest BCUT2D eigenvalue weighted by atomic mass is 10.1. The molecule has 1 aromatic rings. The molecule has 1 aromatic carbocycles. The number of benzene rings is 1. The van der Waals surface area contributed by atoms with E-state index in [2.05, 4.69) is 15.5 Å². The van der Waals surface area contributed by atoms with Gasteiger partial charge >= 0.3 is 5.97 Å². The van der Waals surface area contributed by atoms with Crippen LogP contribution in [0.4, 0.5) is 5.69 Å². The van der Waals surface area contributed by atoms with Crippen LogP contribution in [-0.4, -0.2) is 25.5 Å². The van der Waals surface area contributed by atoms with Crippen molar-refractivity contribution in [2.75, 3.05) is 19.1 Å². The van der Waals surface area contributed by atoms with Gasteiger partial charge in [0.2, 0.25) is 0 Å². The van der Waals surface area contributed by atoms with E-state index in [4.69, 9.17) is 5.84 Å². The number of anilines is 1. The van der Waals surface area contributed by atoms with Gasteiger partial charge in [0.05, 0.1) is 18.4 Å². The maximum absolute atomic E-state index is 11.7. The van der Waals surface area contributed by atoms with Gasteiger partial charge in [-0.15, -0.1) is 0 Å². The third-order valence-corrected chi connectivity index (χ3v) is 2.38. The Morgan fingerprint density at radius 2 is 2.11 bits per heavy atom. The van der Waals surface area contributed by atoms with E-state index in [0.717, 1.165) is 6.42 Å². The van der Waals surface area contributed by atoms with Crippen LogP contribution in [0.2, 0.25) is 0 Å². The first-order valence-corrected chi connectivity index (χ1v) is 5.61.